The molecule has 0 atom stereocenters. The molecule has 0 aliphatic rings. The van der Waals surface area contributed by atoms with Crippen LogP contribution in [-0.2, 0) is 31.9 Å². The highest BCUT2D eigenvalue weighted by molar-refractivity contribution is 7.99. The van der Waals surface area contributed by atoms with Crippen LogP contribution in [-0.4, -0.2) is 38.0 Å². The van der Waals surface area contributed by atoms with Gasteiger partial charge in [0.05, 0.1) is 19.0 Å². The van der Waals surface area contributed by atoms with Crippen molar-refractivity contribution >= 4 is 34.7 Å². The van der Waals surface area contributed by atoms with Crippen LogP contribution >= 0.6 is 11.8 Å². The summed E-state index contributed by atoms with van der Waals surface area (Å²) in [6.07, 6.45) is 1.20. The maximum atomic E-state index is 11.6. The highest BCUT2D eigenvalue weighted by Gasteiger charge is 2.20. The van der Waals surface area contributed by atoms with Crippen molar-refractivity contribution in [3.05, 3.63) is 101 Å². The summed E-state index contributed by atoms with van der Waals surface area (Å²) in [5.74, 6) is 1.27. The number of furan rings is 1. The van der Waals surface area contributed by atoms with Crippen molar-refractivity contribution in [2.45, 2.75) is 25.0 Å². The standard InChI is InChI=1S/C30H30O6S/c1-21(31)34-18-16-26-24(25-14-9-15-27(29(25)36-26)35-20-28(32)33-2)17-19-37-30(22-10-5-3-6-11-22)23-12-7-4-8-13-23/h3-15,30H,16-20H2,1-2H3. The molecule has 1 aromatic heterocycles. The molecule has 0 amide bonds. The Labute approximate surface area is 220 Å². The van der Waals surface area contributed by atoms with Gasteiger partial charge >= 0.3 is 11.9 Å². The number of aryl methyl sites for hydroxylation is 1. The van der Waals surface area contributed by atoms with Crippen molar-refractivity contribution in [2.75, 3.05) is 26.1 Å². The summed E-state index contributed by atoms with van der Waals surface area (Å²) >= 11 is 1.87. The summed E-state index contributed by atoms with van der Waals surface area (Å²) in [7, 11) is 1.32. The summed E-state index contributed by atoms with van der Waals surface area (Å²) in [5, 5.41) is 1.13. The van der Waals surface area contributed by atoms with Gasteiger partial charge < -0.3 is 18.6 Å². The van der Waals surface area contributed by atoms with E-state index in [0.29, 0.717) is 17.8 Å². The van der Waals surface area contributed by atoms with Crippen LogP contribution in [0, 0.1) is 0 Å². The Morgan fingerprint density at radius 1 is 0.892 bits per heavy atom. The van der Waals surface area contributed by atoms with Crippen LogP contribution in [0.3, 0.4) is 0 Å². The number of thioether (sulfide) groups is 1. The van der Waals surface area contributed by atoms with Gasteiger partial charge in [-0.2, -0.15) is 0 Å². The highest BCUT2D eigenvalue weighted by atomic mass is 32.2. The Morgan fingerprint density at radius 2 is 1.57 bits per heavy atom. The average molecular weight is 519 g/mol. The number of para-hydroxylation sites is 1. The number of ether oxygens (including phenoxy) is 3. The number of benzene rings is 3. The number of esters is 2. The quantitative estimate of drug-likeness (QED) is 0.208. The summed E-state index contributed by atoms with van der Waals surface area (Å²) < 4.78 is 21.8. The van der Waals surface area contributed by atoms with Crippen molar-refractivity contribution in [2.24, 2.45) is 0 Å². The lowest BCUT2D eigenvalue weighted by Gasteiger charge is -2.18. The number of methoxy groups -OCH3 is 1. The van der Waals surface area contributed by atoms with Gasteiger partial charge in [0.15, 0.2) is 17.9 Å². The first-order valence-corrected chi connectivity index (χ1v) is 13.2. The van der Waals surface area contributed by atoms with Gasteiger partial charge in [-0.15, -0.1) is 11.8 Å². The molecule has 37 heavy (non-hydrogen) atoms. The molecule has 0 radical (unpaired) electrons. The molecule has 1 heterocycles. The van der Waals surface area contributed by atoms with Gasteiger partial charge in [0.1, 0.15) is 5.76 Å². The minimum atomic E-state index is -0.469. The van der Waals surface area contributed by atoms with E-state index >= 15 is 0 Å². The fraction of sp³-hybridized carbons (Fsp3) is 0.267. The molecule has 0 bridgehead atoms. The van der Waals surface area contributed by atoms with Crippen molar-refractivity contribution in [3.8, 4) is 5.75 Å². The van der Waals surface area contributed by atoms with E-state index in [1.54, 1.807) is 6.07 Å². The first kappa shape index (κ1) is 26.4. The van der Waals surface area contributed by atoms with E-state index in [1.165, 1.54) is 25.2 Å². The van der Waals surface area contributed by atoms with Gasteiger partial charge in [0.2, 0.25) is 0 Å². The predicted molar refractivity (Wildman–Crippen MR) is 145 cm³/mol. The molecule has 0 aliphatic heterocycles. The first-order valence-electron chi connectivity index (χ1n) is 12.1. The van der Waals surface area contributed by atoms with Crippen molar-refractivity contribution < 1.29 is 28.2 Å². The molecule has 0 saturated heterocycles. The van der Waals surface area contributed by atoms with Crippen molar-refractivity contribution in [1.29, 1.82) is 0 Å². The molecule has 192 valence electrons. The van der Waals surface area contributed by atoms with E-state index in [0.717, 1.165) is 28.9 Å². The lowest BCUT2D eigenvalue weighted by atomic mass is 10.0. The first-order chi connectivity index (χ1) is 18.1. The minimum absolute atomic E-state index is 0.198. The fourth-order valence-corrected chi connectivity index (χ4v) is 5.44. The van der Waals surface area contributed by atoms with Crippen LogP contribution in [0.25, 0.3) is 11.0 Å². The van der Waals surface area contributed by atoms with Crippen LogP contribution in [0.5, 0.6) is 5.75 Å². The van der Waals surface area contributed by atoms with Gasteiger partial charge in [0.25, 0.3) is 0 Å². The Balaban J connectivity index is 1.58. The number of hydrogen-bond donors (Lipinski definition) is 0. The number of hydrogen-bond acceptors (Lipinski definition) is 7. The minimum Gasteiger partial charge on any atom is -0.478 e. The number of fused-ring (bicyclic) bond motifs is 1. The third-order valence-electron chi connectivity index (χ3n) is 5.91. The second-order valence-electron chi connectivity index (χ2n) is 8.41. The van der Waals surface area contributed by atoms with E-state index < -0.39 is 5.97 Å². The van der Waals surface area contributed by atoms with E-state index in [-0.39, 0.29) is 24.4 Å². The van der Waals surface area contributed by atoms with Crippen LogP contribution in [0.15, 0.2) is 83.3 Å². The van der Waals surface area contributed by atoms with Gasteiger partial charge in [-0.25, -0.2) is 4.79 Å². The maximum Gasteiger partial charge on any atom is 0.343 e. The maximum absolute atomic E-state index is 11.6. The van der Waals surface area contributed by atoms with Crippen LogP contribution in [0.1, 0.15) is 34.6 Å². The summed E-state index contributed by atoms with van der Waals surface area (Å²) in [6.45, 7) is 1.41. The summed E-state index contributed by atoms with van der Waals surface area (Å²) in [5.41, 5.74) is 4.14. The number of rotatable bonds is 12. The van der Waals surface area contributed by atoms with Gasteiger partial charge in [0, 0.05) is 24.3 Å². The third kappa shape index (κ3) is 6.95. The van der Waals surface area contributed by atoms with E-state index in [2.05, 4.69) is 48.5 Å². The number of carbonyl (C=O) groups is 2. The molecule has 4 aromatic rings. The molecule has 3 aromatic carbocycles. The fourth-order valence-electron chi connectivity index (χ4n) is 4.19. The SMILES string of the molecule is COC(=O)COc1cccc2c(CCSC(c3ccccc3)c3ccccc3)c(CCOC(C)=O)oc12. The smallest absolute Gasteiger partial charge is 0.343 e. The predicted octanol–water partition coefficient (Wildman–Crippen LogP) is 6.16. The Hall–Kier alpha value is -3.71. The molecule has 0 saturated carbocycles. The van der Waals surface area contributed by atoms with Crippen LogP contribution < -0.4 is 4.74 Å². The van der Waals surface area contributed by atoms with Gasteiger partial charge in [-0.05, 0) is 29.4 Å². The number of carbonyl (C=O) groups excluding carboxylic acids is 2. The lowest BCUT2D eigenvalue weighted by molar-refractivity contribution is -0.143. The molecular weight excluding hydrogens is 488 g/mol. The van der Waals surface area contributed by atoms with E-state index in [1.807, 2.05) is 36.0 Å². The van der Waals surface area contributed by atoms with Crippen molar-refractivity contribution in [3.63, 3.8) is 0 Å². The zero-order valence-corrected chi connectivity index (χ0v) is 21.8. The molecule has 7 heteroatoms. The Kier molecular flexibility index (Phi) is 9.27. The Bertz CT molecular complexity index is 1280. The summed E-state index contributed by atoms with van der Waals surface area (Å²) in [4.78, 5) is 22.9. The van der Waals surface area contributed by atoms with Gasteiger partial charge in [-0.1, -0.05) is 72.8 Å². The molecule has 6 nitrogen and oxygen atoms in total. The second-order valence-corrected chi connectivity index (χ2v) is 9.63. The second kappa shape index (κ2) is 13.0. The Morgan fingerprint density at radius 3 is 2.19 bits per heavy atom. The highest BCUT2D eigenvalue weighted by Crippen LogP contribution is 2.38. The molecule has 0 aliphatic carbocycles. The molecule has 4 rings (SSSR count). The lowest BCUT2D eigenvalue weighted by Crippen LogP contribution is -2.12. The van der Waals surface area contributed by atoms with Gasteiger partial charge in [-0.3, -0.25) is 4.79 Å². The normalized spacial score (nSPS) is 11.0. The van der Waals surface area contributed by atoms with Crippen LogP contribution in [0.4, 0.5) is 0 Å². The molecule has 0 N–H and O–H groups in total. The largest absolute Gasteiger partial charge is 0.478 e. The topological polar surface area (TPSA) is 75.0 Å². The van der Waals surface area contributed by atoms with Crippen molar-refractivity contribution in [1.82, 2.24) is 0 Å². The zero-order valence-electron chi connectivity index (χ0n) is 21.0. The molecule has 0 unspecified atom stereocenters. The monoisotopic (exact) mass is 518 g/mol. The van der Waals surface area contributed by atoms with Crippen LogP contribution in [0.2, 0.25) is 0 Å². The molecular formula is C30H30O6S. The van der Waals surface area contributed by atoms with E-state index in [9.17, 15) is 9.59 Å². The zero-order chi connectivity index (χ0) is 26.0. The average Bonchev–Trinajstić information content (AvgIpc) is 3.28. The summed E-state index contributed by atoms with van der Waals surface area (Å²) in [6, 6.07) is 26.6. The third-order valence-corrected chi connectivity index (χ3v) is 7.23. The molecule has 0 fully saturated rings. The molecule has 0 spiro atoms. The van der Waals surface area contributed by atoms with E-state index in [4.69, 9.17) is 18.6 Å².